The van der Waals surface area contributed by atoms with Gasteiger partial charge in [0, 0.05) is 40.0 Å². The van der Waals surface area contributed by atoms with E-state index in [9.17, 15) is 5.11 Å². The molecule has 0 fully saturated rings. The van der Waals surface area contributed by atoms with Gasteiger partial charge >= 0.3 is 0 Å². The lowest BCUT2D eigenvalue weighted by molar-refractivity contribution is -0.0792. The number of benzene rings is 4. The van der Waals surface area contributed by atoms with E-state index in [0.29, 0.717) is 39.4 Å². The van der Waals surface area contributed by atoms with Gasteiger partial charge in [-0.1, -0.05) is 78.8 Å². The smallest absolute Gasteiger partial charge is 0.0724 e. The van der Waals surface area contributed by atoms with Crippen molar-refractivity contribution < 1.29 is 24.1 Å². The first-order chi connectivity index (χ1) is 28.0. The van der Waals surface area contributed by atoms with Crippen LogP contribution in [0.2, 0.25) is 0 Å². The summed E-state index contributed by atoms with van der Waals surface area (Å²) in [5, 5.41) is 9.31. The van der Waals surface area contributed by atoms with Crippen LogP contribution in [0.1, 0.15) is 138 Å². The zero-order chi connectivity index (χ0) is 42.9. The molecule has 59 heavy (non-hydrogen) atoms. The standard InChI is InChI=1S/C53H65NO5/c1-10-50(2,3)57-38-44-20-11-41(12-21-44)17-26-47-35-48(27-18-42-13-22-45(23-14-42)39-58-52(6,7)30-33-55)37-49(36-47)28-19-43-15-24-46(25-16-43)40-59-53(8,9)31-34-56-51(4,5)29-32-54/h11-16,20-25,35-37,55H,10,29-34,38-40,54H2,1-9H3. The molecule has 0 amide bonds. The van der Waals surface area contributed by atoms with Crippen molar-refractivity contribution in [1.29, 1.82) is 0 Å². The van der Waals surface area contributed by atoms with Gasteiger partial charge < -0.3 is 29.8 Å². The first-order valence-corrected chi connectivity index (χ1v) is 20.8. The lowest BCUT2D eigenvalue weighted by Gasteiger charge is -2.29. The third-order valence-electron chi connectivity index (χ3n) is 10.2. The molecule has 4 aromatic carbocycles. The molecule has 0 saturated carbocycles. The Balaban J connectivity index is 1.50. The highest BCUT2D eigenvalue weighted by Crippen LogP contribution is 2.22. The molecule has 0 saturated heterocycles. The Kier molecular flexibility index (Phi) is 17.6. The highest BCUT2D eigenvalue weighted by Gasteiger charge is 2.22. The average molecular weight is 796 g/mol. The number of hydrogen-bond acceptors (Lipinski definition) is 6. The lowest BCUT2D eigenvalue weighted by Crippen LogP contribution is -2.32. The molecular weight excluding hydrogens is 731 g/mol. The fourth-order valence-corrected chi connectivity index (χ4v) is 5.67. The third kappa shape index (κ3) is 17.6. The van der Waals surface area contributed by atoms with Crippen molar-refractivity contribution in [2.75, 3.05) is 19.8 Å². The molecule has 0 heterocycles. The number of rotatable bonds is 18. The lowest BCUT2D eigenvalue weighted by atomic mass is 10.0. The molecule has 0 unspecified atom stereocenters. The summed E-state index contributed by atoms with van der Waals surface area (Å²) in [4.78, 5) is 0. The SMILES string of the molecule is CCC(C)(C)OCc1ccc(C#Cc2cc(C#Cc3ccc(COC(C)(C)CCO)cc3)cc(C#Cc3ccc(COC(C)(C)CCOC(C)(C)CCN)cc3)c2)cc1. The zero-order valence-corrected chi connectivity index (χ0v) is 36.9. The topological polar surface area (TPSA) is 83.2 Å². The number of aliphatic hydroxyl groups excluding tert-OH is 1. The summed E-state index contributed by atoms with van der Waals surface area (Å²) in [6, 6.07) is 30.5. The molecule has 3 N–H and O–H groups in total. The molecular formula is C53H65NO5. The van der Waals surface area contributed by atoms with Crippen molar-refractivity contribution in [3.8, 4) is 35.5 Å². The maximum absolute atomic E-state index is 9.31. The third-order valence-corrected chi connectivity index (χ3v) is 10.2. The minimum absolute atomic E-state index is 0.0946. The van der Waals surface area contributed by atoms with Crippen molar-refractivity contribution in [3.05, 3.63) is 141 Å². The van der Waals surface area contributed by atoms with Gasteiger partial charge in [0.05, 0.1) is 48.8 Å². The van der Waals surface area contributed by atoms with Gasteiger partial charge in [-0.15, -0.1) is 0 Å². The molecule has 0 aromatic heterocycles. The van der Waals surface area contributed by atoms with Crippen molar-refractivity contribution in [2.24, 2.45) is 5.73 Å². The van der Waals surface area contributed by atoms with E-state index in [-0.39, 0.29) is 29.0 Å². The predicted octanol–water partition coefficient (Wildman–Crippen LogP) is 10.1. The quantitative estimate of drug-likeness (QED) is 0.0977. The molecule has 0 aliphatic carbocycles. The molecule has 4 rings (SSSR count). The van der Waals surface area contributed by atoms with Crippen LogP contribution >= 0.6 is 0 Å². The predicted molar refractivity (Wildman–Crippen MR) is 241 cm³/mol. The van der Waals surface area contributed by atoms with Crippen LogP contribution < -0.4 is 5.73 Å². The summed E-state index contributed by atoms with van der Waals surface area (Å²) < 4.78 is 24.4. The van der Waals surface area contributed by atoms with Crippen LogP contribution in [0.5, 0.6) is 0 Å². The Labute approximate surface area is 355 Å². The van der Waals surface area contributed by atoms with E-state index in [2.05, 4.69) is 108 Å². The number of nitrogens with two attached hydrogens (primary N) is 1. The molecule has 4 aromatic rings. The summed E-state index contributed by atoms with van der Waals surface area (Å²) in [7, 11) is 0. The van der Waals surface area contributed by atoms with Gasteiger partial charge in [-0.05, 0) is 159 Å². The van der Waals surface area contributed by atoms with Crippen LogP contribution in [0.3, 0.4) is 0 Å². The van der Waals surface area contributed by atoms with E-state index in [4.69, 9.17) is 24.7 Å². The van der Waals surface area contributed by atoms with Gasteiger partial charge in [-0.3, -0.25) is 0 Å². The first-order valence-electron chi connectivity index (χ1n) is 20.8. The largest absolute Gasteiger partial charge is 0.396 e. The Bertz CT molecular complexity index is 2110. The first kappa shape index (κ1) is 47.0. The highest BCUT2D eigenvalue weighted by molar-refractivity contribution is 5.55. The van der Waals surface area contributed by atoms with Gasteiger partial charge in [0.2, 0.25) is 0 Å². The van der Waals surface area contributed by atoms with Gasteiger partial charge in [0.25, 0.3) is 0 Å². The second-order valence-electron chi connectivity index (χ2n) is 17.5. The molecule has 0 radical (unpaired) electrons. The summed E-state index contributed by atoms with van der Waals surface area (Å²) in [6.07, 6.45) is 3.14. The van der Waals surface area contributed by atoms with E-state index in [1.807, 2.05) is 80.6 Å². The Hall–Kier alpha value is -4.68. The van der Waals surface area contributed by atoms with Crippen LogP contribution in [0.25, 0.3) is 0 Å². The molecule has 0 spiro atoms. The molecule has 0 atom stereocenters. The summed E-state index contributed by atoms with van der Waals surface area (Å²) in [5.41, 5.74) is 13.1. The maximum Gasteiger partial charge on any atom is 0.0724 e. The van der Waals surface area contributed by atoms with Gasteiger partial charge in [-0.25, -0.2) is 0 Å². The van der Waals surface area contributed by atoms with Gasteiger partial charge in [0.1, 0.15) is 0 Å². The van der Waals surface area contributed by atoms with Gasteiger partial charge in [-0.2, -0.15) is 0 Å². The van der Waals surface area contributed by atoms with Crippen LogP contribution in [0, 0.1) is 35.5 Å². The molecule has 0 bridgehead atoms. The monoisotopic (exact) mass is 795 g/mol. The fourth-order valence-electron chi connectivity index (χ4n) is 5.67. The molecule has 0 aliphatic heterocycles. The van der Waals surface area contributed by atoms with Crippen molar-refractivity contribution in [1.82, 2.24) is 0 Å². The Morgan fingerprint density at radius 1 is 0.441 bits per heavy atom. The fraction of sp³-hybridized carbons (Fsp3) is 0.434. The summed E-state index contributed by atoms with van der Waals surface area (Å²) >= 11 is 0. The Morgan fingerprint density at radius 3 is 1.10 bits per heavy atom. The van der Waals surface area contributed by atoms with Crippen molar-refractivity contribution in [2.45, 2.75) is 130 Å². The van der Waals surface area contributed by atoms with Crippen molar-refractivity contribution >= 4 is 0 Å². The molecule has 6 heteroatoms. The van der Waals surface area contributed by atoms with Crippen LogP contribution in [-0.4, -0.2) is 47.3 Å². The highest BCUT2D eigenvalue weighted by atomic mass is 16.5. The number of aliphatic hydroxyl groups is 1. The normalized spacial score (nSPS) is 11.8. The van der Waals surface area contributed by atoms with E-state index in [1.54, 1.807) is 0 Å². The zero-order valence-electron chi connectivity index (χ0n) is 36.9. The van der Waals surface area contributed by atoms with Crippen LogP contribution in [0.4, 0.5) is 0 Å². The van der Waals surface area contributed by atoms with Crippen molar-refractivity contribution in [3.63, 3.8) is 0 Å². The molecule has 312 valence electrons. The average Bonchev–Trinajstić information content (AvgIpc) is 3.20. The molecule has 6 nitrogen and oxygen atoms in total. The maximum atomic E-state index is 9.31. The van der Waals surface area contributed by atoms with Gasteiger partial charge in [0.15, 0.2) is 0 Å². The number of hydrogen-bond donors (Lipinski definition) is 2. The minimum atomic E-state index is -0.388. The minimum Gasteiger partial charge on any atom is -0.396 e. The second-order valence-corrected chi connectivity index (χ2v) is 17.5. The summed E-state index contributed by atoms with van der Waals surface area (Å²) in [6.45, 7) is 21.5. The van der Waals surface area contributed by atoms with Crippen LogP contribution in [-0.2, 0) is 38.8 Å². The van der Waals surface area contributed by atoms with E-state index < -0.39 is 0 Å². The Morgan fingerprint density at radius 2 is 0.763 bits per heavy atom. The summed E-state index contributed by atoms with van der Waals surface area (Å²) in [5.74, 6) is 20.0. The second kappa shape index (κ2) is 22.1. The van der Waals surface area contributed by atoms with Crippen LogP contribution in [0.15, 0.2) is 91.0 Å². The molecule has 0 aliphatic rings. The van der Waals surface area contributed by atoms with E-state index in [1.165, 1.54) is 0 Å². The van der Waals surface area contributed by atoms with E-state index in [0.717, 1.165) is 69.3 Å². The van der Waals surface area contributed by atoms with E-state index >= 15 is 0 Å². The number of ether oxygens (including phenoxy) is 4.